The van der Waals surface area contributed by atoms with E-state index in [0.717, 1.165) is 23.5 Å². The number of fused-ring (bicyclic) bond motifs is 1. The summed E-state index contributed by atoms with van der Waals surface area (Å²) in [5.41, 5.74) is 1.62. The van der Waals surface area contributed by atoms with Crippen molar-refractivity contribution in [2.45, 2.75) is 25.4 Å². The minimum absolute atomic E-state index is 0.0195. The van der Waals surface area contributed by atoms with E-state index in [2.05, 4.69) is 10.6 Å². The number of rotatable bonds is 3. The molecule has 1 aromatic heterocycles. The first-order valence-corrected chi connectivity index (χ1v) is 10.0. The van der Waals surface area contributed by atoms with Gasteiger partial charge in [-0.15, -0.1) is 11.3 Å². The molecule has 154 valence electrons. The number of carbonyl (C=O) groups excluding carboxylic acids is 2. The fourth-order valence-electron chi connectivity index (χ4n) is 3.65. The van der Waals surface area contributed by atoms with Gasteiger partial charge in [-0.1, -0.05) is 36.4 Å². The topological polar surface area (TPSA) is 58.2 Å². The molecule has 0 aliphatic carbocycles. The second kappa shape index (κ2) is 7.60. The molecule has 0 saturated heterocycles. The molecule has 2 amide bonds. The third-order valence-electron chi connectivity index (χ3n) is 5.04. The summed E-state index contributed by atoms with van der Waals surface area (Å²) in [6, 6.07) is 14.0. The maximum absolute atomic E-state index is 13.2. The van der Waals surface area contributed by atoms with Gasteiger partial charge >= 0.3 is 6.18 Å². The molecule has 0 unspecified atom stereocenters. The molecule has 3 aromatic rings. The van der Waals surface area contributed by atoms with Crippen LogP contribution >= 0.6 is 11.3 Å². The van der Waals surface area contributed by atoms with Gasteiger partial charge in [0.05, 0.1) is 15.4 Å². The molecule has 0 fully saturated rings. The zero-order chi connectivity index (χ0) is 21.5. The molecule has 0 saturated carbocycles. The van der Waals surface area contributed by atoms with Crippen molar-refractivity contribution in [1.82, 2.24) is 0 Å². The third-order valence-corrected chi connectivity index (χ3v) is 6.26. The third kappa shape index (κ3) is 3.82. The van der Waals surface area contributed by atoms with Crippen LogP contribution in [0, 0.1) is 6.92 Å². The molecule has 0 bridgehead atoms. The summed E-state index contributed by atoms with van der Waals surface area (Å²) < 4.78 is 39.5. The van der Waals surface area contributed by atoms with Gasteiger partial charge in [-0.25, -0.2) is 0 Å². The normalized spacial score (nSPS) is 16.0. The minimum Gasteiger partial charge on any atom is -0.321 e. The number of hydrogen-bond acceptors (Lipinski definition) is 3. The number of alkyl halides is 3. The summed E-state index contributed by atoms with van der Waals surface area (Å²) in [5.74, 6) is -1.16. The van der Waals surface area contributed by atoms with Crippen LogP contribution in [0.5, 0.6) is 0 Å². The maximum atomic E-state index is 13.2. The van der Waals surface area contributed by atoms with Crippen LogP contribution in [0.25, 0.3) is 0 Å². The van der Waals surface area contributed by atoms with E-state index in [0.29, 0.717) is 32.3 Å². The van der Waals surface area contributed by atoms with Crippen molar-refractivity contribution < 1.29 is 22.8 Å². The summed E-state index contributed by atoms with van der Waals surface area (Å²) in [6.07, 6.45) is -4.45. The Labute approximate surface area is 174 Å². The smallest absolute Gasteiger partial charge is 0.321 e. The quantitative estimate of drug-likeness (QED) is 0.552. The van der Waals surface area contributed by atoms with Crippen molar-refractivity contribution in [3.63, 3.8) is 0 Å². The number of benzene rings is 2. The highest BCUT2D eigenvalue weighted by molar-refractivity contribution is 7.18. The summed E-state index contributed by atoms with van der Waals surface area (Å²) in [4.78, 5) is 25.5. The lowest BCUT2D eigenvalue weighted by atomic mass is 9.84. The lowest BCUT2D eigenvalue weighted by Crippen LogP contribution is -2.23. The maximum Gasteiger partial charge on any atom is 0.416 e. The fourth-order valence-corrected chi connectivity index (χ4v) is 4.83. The molecule has 2 aromatic carbocycles. The minimum atomic E-state index is -4.47. The van der Waals surface area contributed by atoms with Gasteiger partial charge in [-0.05, 0) is 41.8 Å². The van der Waals surface area contributed by atoms with Gasteiger partial charge in [0.2, 0.25) is 5.91 Å². The van der Waals surface area contributed by atoms with Crippen molar-refractivity contribution in [3.8, 4) is 0 Å². The summed E-state index contributed by atoms with van der Waals surface area (Å²) >= 11 is 1.14. The number of carbonyl (C=O) groups is 2. The predicted octanol–water partition coefficient (Wildman–Crippen LogP) is 5.80. The van der Waals surface area contributed by atoms with Crippen LogP contribution < -0.4 is 10.6 Å². The molecule has 2 N–H and O–H groups in total. The number of nitrogens with one attached hydrogen (secondary N) is 2. The van der Waals surface area contributed by atoms with E-state index in [1.165, 1.54) is 6.07 Å². The van der Waals surface area contributed by atoms with Crippen molar-refractivity contribution in [1.29, 1.82) is 0 Å². The average Bonchev–Trinajstić information content (AvgIpc) is 3.04. The Hall–Kier alpha value is -3.13. The predicted molar refractivity (Wildman–Crippen MR) is 110 cm³/mol. The van der Waals surface area contributed by atoms with E-state index in [-0.39, 0.29) is 18.2 Å². The van der Waals surface area contributed by atoms with Crippen LogP contribution in [0.2, 0.25) is 0 Å². The van der Waals surface area contributed by atoms with Crippen LogP contribution in [-0.2, 0) is 11.0 Å². The lowest BCUT2D eigenvalue weighted by molar-refractivity contribution is -0.137. The Morgan fingerprint density at radius 1 is 1.13 bits per heavy atom. The van der Waals surface area contributed by atoms with E-state index >= 15 is 0 Å². The Bertz CT molecular complexity index is 1120. The van der Waals surface area contributed by atoms with Crippen LogP contribution in [-0.4, -0.2) is 11.8 Å². The van der Waals surface area contributed by atoms with Crippen molar-refractivity contribution in [2.75, 3.05) is 10.6 Å². The molecular weight excluding hydrogens is 413 g/mol. The van der Waals surface area contributed by atoms with E-state index in [1.807, 2.05) is 6.07 Å². The number of anilines is 2. The summed E-state index contributed by atoms with van der Waals surface area (Å²) in [5, 5.41) is 6.08. The van der Waals surface area contributed by atoms with Gasteiger partial charge in [-0.2, -0.15) is 13.2 Å². The largest absolute Gasteiger partial charge is 0.416 e. The second-order valence-corrected chi connectivity index (χ2v) is 8.07. The zero-order valence-corrected chi connectivity index (χ0v) is 16.7. The highest BCUT2D eigenvalue weighted by Crippen LogP contribution is 2.46. The molecule has 4 nitrogen and oxygen atoms in total. The molecular formula is C22H17F3N2O2S. The van der Waals surface area contributed by atoms with E-state index in [4.69, 9.17) is 0 Å². The highest BCUT2D eigenvalue weighted by atomic mass is 32.1. The lowest BCUT2D eigenvalue weighted by Gasteiger charge is -2.24. The average molecular weight is 430 g/mol. The second-order valence-electron chi connectivity index (χ2n) is 7.05. The Morgan fingerprint density at radius 2 is 1.87 bits per heavy atom. The molecule has 1 aliphatic rings. The Balaban J connectivity index is 1.73. The van der Waals surface area contributed by atoms with Gasteiger partial charge in [-0.3, -0.25) is 9.59 Å². The van der Waals surface area contributed by atoms with Crippen molar-refractivity contribution in [3.05, 3.63) is 81.7 Å². The van der Waals surface area contributed by atoms with E-state index < -0.39 is 17.7 Å². The molecule has 4 rings (SSSR count). The van der Waals surface area contributed by atoms with Gasteiger partial charge in [0.25, 0.3) is 5.91 Å². The monoisotopic (exact) mass is 430 g/mol. The Kier molecular flexibility index (Phi) is 5.11. The van der Waals surface area contributed by atoms with Gasteiger partial charge in [0.15, 0.2) is 0 Å². The molecule has 0 radical (unpaired) electrons. The van der Waals surface area contributed by atoms with Crippen molar-refractivity contribution in [2.24, 2.45) is 0 Å². The van der Waals surface area contributed by atoms with Crippen LogP contribution in [0.3, 0.4) is 0 Å². The molecule has 2 heterocycles. The standard InChI is InChI=1S/C22H17F3N2O2S/c1-12-18-16(13-6-5-7-14(10-13)22(23,24)25)11-17(28)27-21(18)30-19(12)20(29)26-15-8-3-2-4-9-15/h2-10,16H,11H2,1H3,(H,26,29)(H,27,28)/t16-/m0/s1. The number of para-hydroxylation sites is 1. The first-order valence-electron chi connectivity index (χ1n) is 9.20. The Morgan fingerprint density at radius 3 is 2.57 bits per heavy atom. The zero-order valence-electron chi connectivity index (χ0n) is 15.8. The fraction of sp³-hybridized carbons (Fsp3) is 0.182. The molecule has 1 aliphatic heterocycles. The number of halogens is 3. The van der Waals surface area contributed by atoms with Crippen LogP contribution in [0.1, 0.15) is 44.3 Å². The van der Waals surface area contributed by atoms with E-state index in [9.17, 15) is 22.8 Å². The van der Waals surface area contributed by atoms with Crippen molar-refractivity contribution >= 4 is 33.8 Å². The van der Waals surface area contributed by atoms with Gasteiger partial charge in [0, 0.05) is 18.0 Å². The van der Waals surface area contributed by atoms with E-state index in [1.54, 1.807) is 37.3 Å². The molecule has 1 atom stereocenters. The number of thiophene rings is 1. The number of amides is 2. The highest BCUT2D eigenvalue weighted by Gasteiger charge is 2.35. The van der Waals surface area contributed by atoms with Crippen LogP contribution in [0.4, 0.5) is 23.9 Å². The van der Waals surface area contributed by atoms with Gasteiger partial charge in [0.1, 0.15) is 0 Å². The summed E-state index contributed by atoms with van der Waals surface area (Å²) in [7, 11) is 0. The molecule has 0 spiro atoms. The summed E-state index contributed by atoms with van der Waals surface area (Å²) in [6.45, 7) is 1.76. The first-order chi connectivity index (χ1) is 14.2. The first kappa shape index (κ1) is 20.2. The van der Waals surface area contributed by atoms with Crippen LogP contribution in [0.15, 0.2) is 54.6 Å². The SMILES string of the molecule is Cc1c(C(=O)Nc2ccccc2)sc2c1[C@H](c1cccc(C(F)(F)F)c1)CC(=O)N2. The molecule has 30 heavy (non-hydrogen) atoms. The van der Waals surface area contributed by atoms with Gasteiger partial charge < -0.3 is 10.6 Å². The number of hydrogen-bond donors (Lipinski definition) is 2. The molecule has 8 heteroatoms.